The summed E-state index contributed by atoms with van der Waals surface area (Å²) in [5, 5.41) is 8.90. The van der Waals surface area contributed by atoms with Crippen LogP contribution >= 0.6 is 0 Å². The van der Waals surface area contributed by atoms with Gasteiger partial charge >= 0.3 is 0 Å². The lowest BCUT2D eigenvalue weighted by Gasteiger charge is -2.37. The van der Waals surface area contributed by atoms with Crippen molar-refractivity contribution < 1.29 is 0 Å². The van der Waals surface area contributed by atoms with Gasteiger partial charge in [0, 0.05) is 12.6 Å². The van der Waals surface area contributed by atoms with Crippen LogP contribution in [0.5, 0.6) is 0 Å². The molecule has 0 aliphatic carbocycles. The summed E-state index contributed by atoms with van der Waals surface area (Å²) in [5.74, 6) is 0.604. The maximum atomic E-state index is 8.90. The Bertz CT molecular complexity index is 197. The predicted octanol–water partition coefficient (Wildman–Crippen LogP) is 0.958. The molecule has 0 bridgehead atoms. The SMILES string of the molecule is CCC(C#N)N1CCC(C)C(N)C1. The summed E-state index contributed by atoms with van der Waals surface area (Å²) in [6, 6.07) is 2.64. The quantitative estimate of drug-likeness (QED) is 0.690. The first-order chi connectivity index (χ1) is 6.19. The minimum atomic E-state index is 0.0681. The van der Waals surface area contributed by atoms with Gasteiger partial charge in [0.1, 0.15) is 0 Å². The maximum absolute atomic E-state index is 8.90. The Kier molecular flexibility index (Phi) is 3.71. The van der Waals surface area contributed by atoms with Crippen LogP contribution in [0.3, 0.4) is 0 Å². The van der Waals surface area contributed by atoms with Crippen molar-refractivity contribution in [3.8, 4) is 6.07 Å². The Morgan fingerprint density at radius 2 is 2.38 bits per heavy atom. The molecule has 1 aliphatic rings. The van der Waals surface area contributed by atoms with Gasteiger partial charge in [0.25, 0.3) is 0 Å². The highest BCUT2D eigenvalue weighted by Crippen LogP contribution is 2.18. The predicted molar refractivity (Wildman–Crippen MR) is 53.0 cm³/mol. The van der Waals surface area contributed by atoms with E-state index in [1.54, 1.807) is 0 Å². The summed E-state index contributed by atoms with van der Waals surface area (Å²) in [4.78, 5) is 2.21. The average molecular weight is 181 g/mol. The molecule has 0 spiro atoms. The van der Waals surface area contributed by atoms with Gasteiger partial charge in [-0.05, 0) is 25.3 Å². The second-order valence-electron chi connectivity index (χ2n) is 3.98. The fourth-order valence-corrected chi connectivity index (χ4v) is 1.84. The first-order valence-electron chi connectivity index (χ1n) is 5.08. The van der Waals surface area contributed by atoms with Gasteiger partial charge in [0.15, 0.2) is 0 Å². The fourth-order valence-electron chi connectivity index (χ4n) is 1.84. The molecule has 3 atom stereocenters. The lowest BCUT2D eigenvalue weighted by atomic mass is 9.93. The number of nitriles is 1. The normalized spacial score (nSPS) is 32.5. The molecule has 0 saturated carbocycles. The first kappa shape index (κ1) is 10.5. The molecule has 3 nitrogen and oxygen atoms in total. The standard InChI is InChI=1S/C10H19N3/c1-3-9(6-11)13-5-4-8(2)10(12)7-13/h8-10H,3-5,7,12H2,1-2H3. The van der Waals surface area contributed by atoms with Gasteiger partial charge in [0.2, 0.25) is 0 Å². The van der Waals surface area contributed by atoms with E-state index in [0.717, 1.165) is 25.9 Å². The summed E-state index contributed by atoms with van der Waals surface area (Å²) < 4.78 is 0. The topological polar surface area (TPSA) is 53.0 Å². The highest BCUT2D eigenvalue weighted by molar-refractivity contribution is 4.94. The highest BCUT2D eigenvalue weighted by Gasteiger charge is 2.26. The molecular weight excluding hydrogens is 162 g/mol. The second kappa shape index (κ2) is 4.59. The van der Waals surface area contributed by atoms with Crippen molar-refractivity contribution in [1.82, 2.24) is 4.90 Å². The monoisotopic (exact) mass is 181 g/mol. The minimum Gasteiger partial charge on any atom is -0.326 e. The smallest absolute Gasteiger partial charge is 0.0975 e. The Morgan fingerprint density at radius 1 is 1.69 bits per heavy atom. The third-order valence-electron chi connectivity index (χ3n) is 3.02. The van der Waals surface area contributed by atoms with Crippen LogP contribution < -0.4 is 5.73 Å². The van der Waals surface area contributed by atoms with Gasteiger partial charge in [-0.25, -0.2) is 0 Å². The van der Waals surface area contributed by atoms with Crippen LogP contribution in [0.1, 0.15) is 26.7 Å². The van der Waals surface area contributed by atoms with Crippen LogP contribution in [0.2, 0.25) is 0 Å². The number of hydrogen-bond acceptors (Lipinski definition) is 3. The second-order valence-corrected chi connectivity index (χ2v) is 3.98. The fraction of sp³-hybridized carbons (Fsp3) is 0.900. The van der Waals surface area contributed by atoms with Crippen molar-refractivity contribution in [2.45, 2.75) is 38.8 Å². The largest absolute Gasteiger partial charge is 0.326 e. The zero-order valence-corrected chi connectivity index (χ0v) is 8.53. The molecule has 1 heterocycles. The lowest BCUT2D eigenvalue weighted by Crippen LogP contribution is -2.50. The summed E-state index contributed by atoms with van der Waals surface area (Å²) in [5.41, 5.74) is 5.96. The lowest BCUT2D eigenvalue weighted by molar-refractivity contribution is 0.142. The van der Waals surface area contributed by atoms with Crippen LogP contribution in [-0.2, 0) is 0 Å². The Labute approximate surface area is 80.5 Å². The minimum absolute atomic E-state index is 0.0681. The Morgan fingerprint density at radius 3 is 2.85 bits per heavy atom. The number of rotatable bonds is 2. The number of piperidine rings is 1. The van der Waals surface area contributed by atoms with Gasteiger partial charge in [-0.2, -0.15) is 5.26 Å². The van der Waals surface area contributed by atoms with E-state index in [2.05, 4.69) is 24.8 Å². The van der Waals surface area contributed by atoms with Crippen molar-refractivity contribution in [1.29, 1.82) is 5.26 Å². The molecule has 1 saturated heterocycles. The average Bonchev–Trinajstić information content (AvgIpc) is 2.13. The Hall–Kier alpha value is -0.590. The van der Waals surface area contributed by atoms with Crippen LogP contribution in [0.4, 0.5) is 0 Å². The molecular formula is C10H19N3. The maximum Gasteiger partial charge on any atom is 0.0975 e. The van der Waals surface area contributed by atoms with E-state index < -0.39 is 0 Å². The van der Waals surface area contributed by atoms with Crippen LogP contribution in [0.25, 0.3) is 0 Å². The summed E-state index contributed by atoms with van der Waals surface area (Å²) in [6.45, 7) is 6.15. The van der Waals surface area contributed by atoms with Crippen molar-refractivity contribution in [2.24, 2.45) is 11.7 Å². The van der Waals surface area contributed by atoms with Gasteiger partial charge in [-0.3, -0.25) is 4.90 Å². The number of likely N-dealkylation sites (tertiary alicyclic amines) is 1. The molecule has 3 heteroatoms. The summed E-state index contributed by atoms with van der Waals surface area (Å²) in [6.07, 6.45) is 2.02. The number of nitrogens with zero attached hydrogens (tertiary/aromatic N) is 2. The highest BCUT2D eigenvalue weighted by atomic mass is 15.2. The van der Waals surface area contributed by atoms with Crippen LogP contribution in [0, 0.1) is 17.2 Å². The number of hydrogen-bond donors (Lipinski definition) is 1. The molecule has 0 aromatic heterocycles. The van der Waals surface area contributed by atoms with E-state index in [4.69, 9.17) is 11.0 Å². The first-order valence-corrected chi connectivity index (χ1v) is 5.08. The van der Waals surface area contributed by atoms with E-state index in [-0.39, 0.29) is 12.1 Å². The third-order valence-corrected chi connectivity index (χ3v) is 3.02. The van der Waals surface area contributed by atoms with Crippen molar-refractivity contribution in [3.63, 3.8) is 0 Å². The summed E-state index contributed by atoms with van der Waals surface area (Å²) in [7, 11) is 0. The summed E-state index contributed by atoms with van der Waals surface area (Å²) >= 11 is 0. The molecule has 0 radical (unpaired) electrons. The van der Waals surface area contributed by atoms with E-state index in [0.29, 0.717) is 5.92 Å². The molecule has 3 unspecified atom stereocenters. The molecule has 74 valence electrons. The third kappa shape index (κ3) is 2.43. The molecule has 0 aromatic rings. The van der Waals surface area contributed by atoms with Gasteiger partial charge in [-0.15, -0.1) is 0 Å². The van der Waals surface area contributed by atoms with E-state index in [9.17, 15) is 0 Å². The van der Waals surface area contributed by atoms with Crippen LogP contribution in [-0.4, -0.2) is 30.1 Å². The zero-order valence-electron chi connectivity index (χ0n) is 8.53. The van der Waals surface area contributed by atoms with Gasteiger partial charge in [0.05, 0.1) is 12.1 Å². The van der Waals surface area contributed by atoms with E-state index in [1.165, 1.54) is 0 Å². The van der Waals surface area contributed by atoms with Crippen molar-refractivity contribution in [3.05, 3.63) is 0 Å². The molecule has 1 rings (SSSR count). The zero-order chi connectivity index (χ0) is 9.84. The van der Waals surface area contributed by atoms with E-state index >= 15 is 0 Å². The van der Waals surface area contributed by atoms with Gasteiger partial charge < -0.3 is 5.73 Å². The van der Waals surface area contributed by atoms with Crippen molar-refractivity contribution >= 4 is 0 Å². The van der Waals surface area contributed by atoms with Gasteiger partial charge in [-0.1, -0.05) is 13.8 Å². The van der Waals surface area contributed by atoms with E-state index in [1.807, 2.05) is 0 Å². The Balaban J connectivity index is 2.50. The molecule has 1 aliphatic heterocycles. The molecule has 0 amide bonds. The molecule has 13 heavy (non-hydrogen) atoms. The number of nitrogens with two attached hydrogens (primary N) is 1. The molecule has 0 aromatic carbocycles. The van der Waals surface area contributed by atoms with Crippen molar-refractivity contribution in [2.75, 3.05) is 13.1 Å². The molecule has 1 fully saturated rings. The molecule has 2 N–H and O–H groups in total. The van der Waals surface area contributed by atoms with Crippen LogP contribution in [0.15, 0.2) is 0 Å².